The summed E-state index contributed by atoms with van der Waals surface area (Å²) in [5.74, 6) is -0.0259. The van der Waals surface area contributed by atoms with Gasteiger partial charge in [-0.2, -0.15) is 0 Å². The standard InChI is InChI=1S/C22H22ClN3O2S/c1-15(20-26-19(14-29-20)16-6-10-24-11-7-16)25-21(27)22(8-12-28-13-9-22)17-4-2-3-5-18(17)23/h2-7,10-11,14-15H,8-9,12-13H2,1H3,(H,25,27). The SMILES string of the molecule is CC(NC(=O)C1(c2ccccc2Cl)CCOCC1)c1nc(-c2ccncc2)cs1. The maximum absolute atomic E-state index is 13.5. The molecule has 3 heterocycles. The number of pyridine rings is 1. The molecule has 1 aliphatic heterocycles. The highest BCUT2D eigenvalue weighted by Crippen LogP contribution is 2.39. The first-order valence-electron chi connectivity index (χ1n) is 9.60. The molecule has 1 saturated heterocycles. The van der Waals surface area contributed by atoms with Crippen LogP contribution in [0.4, 0.5) is 0 Å². The Bertz CT molecular complexity index is 986. The molecule has 0 aliphatic carbocycles. The van der Waals surface area contributed by atoms with E-state index in [4.69, 9.17) is 21.3 Å². The van der Waals surface area contributed by atoms with E-state index in [9.17, 15) is 4.79 Å². The van der Waals surface area contributed by atoms with Gasteiger partial charge in [-0.3, -0.25) is 9.78 Å². The Kier molecular flexibility index (Phi) is 5.94. The van der Waals surface area contributed by atoms with Gasteiger partial charge in [-0.1, -0.05) is 29.8 Å². The molecule has 0 spiro atoms. The van der Waals surface area contributed by atoms with Gasteiger partial charge < -0.3 is 10.1 Å². The fraction of sp³-hybridized carbons (Fsp3) is 0.318. The topological polar surface area (TPSA) is 64.1 Å². The number of ether oxygens (including phenoxy) is 1. The molecule has 150 valence electrons. The molecule has 1 atom stereocenters. The molecule has 0 bridgehead atoms. The molecule has 1 aliphatic rings. The maximum atomic E-state index is 13.5. The zero-order valence-electron chi connectivity index (χ0n) is 16.1. The lowest BCUT2D eigenvalue weighted by atomic mass is 9.73. The largest absolute Gasteiger partial charge is 0.381 e. The number of carbonyl (C=O) groups is 1. The Labute approximate surface area is 179 Å². The zero-order valence-corrected chi connectivity index (χ0v) is 17.7. The van der Waals surface area contributed by atoms with Crippen LogP contribution in [-0.2, 0) is 14.9 Å². The van der Waals surface area contributed by atoms with Crippen LogP contribution in [0.5, 0.6) is 0 Å². The van der Waals surface area contributed by atoms with Crippen molar-refractivity contribution in [2.45, 2.75) is 31.2 Å². The molecular formula is C22H22ClN3O2S. The molecule has 2 aromatic heterocycles. The molecule has 5 nitrogen and oxygen atoms in total. The van der Waals surface area contributed by atoms with Gasteiger partial charge in [0.1, 0.15) is 5.01 Å². The van der Waals surface area contributed by atoms with Crippen molar-refractivity contribution in [3.63, 3.8) is 0 Å². The Hall–Kier alpha value is -2.28. The molecule has 1 N–H and O–H groups in total. The van der Waals surface area contributed by atoms with Crippen molar-refractivity contribution < 1.29 is 9.53 Å². The highest BCUT2D eigenvalue weighted by Gasteiger charge is 2.43. The summed E-state index contributed by atoms with van der Waals surface area (Å²) in [6, 6.07) is 11.2. The van der Waals surface area contributed by atoms with Gasteiger partial charge in [0.15, 0.2) is 0 Å². The third kappa shape index (κ3) is 4.06. The van der Waals surface area contributed by atoms with E-state index in [0.717, 1.165) is 21.8 Å². The molecule has 0 radical (unpaired) electrons. The first-order valence-corrected chi connectivity index (χ1v) is 10.9. The summed E-state index contributed by atoms with van der Waals surface area (Å²) in [5, 5.41) is 6.67. The maximum Gasteiger partial charge on any atom is 0.231 e. The number of benzene rings is 1. The second kappa shape index (κ2) is 8.61. The monoisotopic (exact) mass is 427 g/mol. The summed E-state index contributed by atoms with van der Waals surface area (Å²) >= 11 is 8.02. The van der Waals surface area contributed by atoms with Gasteiger partial charge in [-0.25, -0.2) is 4.98 Å². The fourth-order valence-electron chi connectivity index (χ4n) is 3.73. The summed E-state index contributed by atoms with van der Waals surface area (Å²) in [4.78, 5) is 22.2. The van der Waals surface area contributed by atoms with Crippen molar-refractivity contribution in [2.75, 3.05) is 13.2 Å². The summed E-state index contributed by atoms with van der Waals surface area (Å²) < 4.78 is 5.54. The number of thiazole rings is 1. The second-order valence-corrected chi connectivity index (χ2v) is 8.47. The Morgan fingerprint density at radius 1 is 1.21 bits per heavy atom. The first kappa shape index (κ1) is 20.0. The summed E-state index contributed by atoms with van der Waals surface area (Å²) in [6.45, 7) is 3.04. The molecule has 1 aromatic carbocycles. The van der Waals surface area contributed by atoms with Crippen LogP contribution in [0.1, 0.15) is 36.4 Å². The summed E-state index contributed by atoms with van der Waals surface area (Å²) in [5.41, 5.74) is 2.08. The van der Waals surface area contributed by atoms with Gasteiger partial charge in [0.25, 0.3) is 0 Å². The summed E-state index contributed by atoms with van der Waals surface area (Å²) in [6.07, 6.45) is 4.71. The molecule has 7 heteroatoms. The predicted octanol–water partition coefficient (Wildman–Crippen LogP) is 4.78. The van der Waals surface area contributed by atoms with Gasteiger partial charge >= 0.3 is 0 Å². The Balaban J connectivity index is 1.57. The van der Waals surface area contributed by atoms with Crippen LogP contribution in [0.15, 0.2) is 54.2 Å². The van der Waals surface area contributed by atoms with E-state index in [2.05, 4.69) is 10.3 Å². The van der Waals surface area contributed by atoms with E-state index < -0.39 is 5.41 Å². The van der Waals surface area contributed by atoms with E-state index >= 15 is 0 Å². The molecular weight excluding hydrogens is 406 g/mol. The lowest BCUT2D eigenvalue weighted by Gasteiger charge is -2.37. The minimum absolute atomic E-state index is 0.0259. The lowest BCUT2D eigenvalue weighted by molar-refractivity contribution is -0.131. The number of amides is 1. The number of nitrogens with one attached hydrogen (secondary N) is 1. The zero-order chi connectivity index (χ0) is 20.3. The van der Waals surface area contributed by atoms with Crippen molar-refractivity contribution in [3.8, 4) is 11.3 Å². The fourth-order valence-corrected chi connectivity index (χ4v) is 4.88. The number of hydrogen-bond donors (Lipinski definition) is 1. The van der Waals surface area contributed by atoms with Crippen molar-refractivity contribution in [2.24, 2.45) is 0 Å². The number of aromatic nitrogens is 2. The quantitative estimate of drug-likeness (QED) is 0.636. The molecule has 4 rings (SSSR count). The van der Waals surface area contributed by atoms with Gasteiger partial charge in [-0.05, 0) is 43.5 Å². The number of halogens is 1. The third-order valence-corrected chi connectivity index (χ3v) is 6.74. The molecule has 1 fully saturated rings. The minimum atomic E-state index is -0.684. The van der Waals surface area contributed by atoms with Crippen LogP contribution in [0.3, 0.4) is 0 Å². The van der Waals surface area contributed by atoms with Crippen LogP contribution in [0.25, 0.3) is 11.3 Å². The van der Waals surface area contributed by atoms with Crippen LogP contribution < -0.4 is 5.32 Å². The van der Waals surface area contributed by atoms with Crippen LogP contribution in [-0.4, -0.2) is 29.1 Å². The molecule has 0 saturated carbocycles. The average molecular weight is 428 g/mol. The van der Waals surface area contributed by atoms with Gasteiger partial charge in [-0.15, -0.1) is 11.3 Å². The van der Waals surface area contributed by atoms with Gasteiger partial charge in [0.05, 0.1) is 17.2 Å². The van der Waals surface area contributed by atoms with Crippen LogP contribution in [0, 0.1) is 0 Å². The number of hydrogen-bond acceptors (Lipinski definition) is 5. The van der Waals surface area contributed by atoms with Crippen molar-refractivity contribution in [1.29, 1.82) is 0 Å². The summed E-state index contributed by atoms with van der Waals surface area (Å²) in [7, 11) is 0. The van der Waals surface area contributed by atoms with E-state index in [1.807, 2.05) is 48.7 Å². The van der Waals surface area contributed by atoms with Crippen LogP contribution >= 0.6 is 22.9 Å². The smallest absolute Gasteiger partial charge is 0.231 e. The number of rotatable bonds is 5. The Morgan fingerprint density at radius 3 is 2.66 bits per heavy atom. The molecule has 3 aromatic rings. The molecule has 29 heavy (non-hydrogen) atoms. The number of carbonyl (C=O) groups excluding carboxylic acids is 1. The van der Waals surface area contributed by atoms with E-state index in [1.165, 1.54) is 0 Å². The predicted molar refractivity (Wildman–Crippen MR) is 115 cm³/mol. The van der Waals surface area contributed by atoms with E-state index in [1.54, 1.807) is 23.7 Å². The third-order valence-electron chi connectivity index (χ3n) is 5.39. The normalized spacial score (nSPS) is 16.9. The lowest BCUT2D eigenvalue weighted by Crippen LogP contribution is -2.48. The number of nitrogens with zero attached hydrogens (tertiary/aromatic N) is 2. The van der Waals surface area contributed by atoms with Gasteiger partial charge in [0, 0.05) is 41.6 Å². The van der Waals surface area contributed by atoms with Gasteiger partial charge in [0.2, 0.25) is 5.91 Å². The first-order chi connectivity index (χ1) is 14.1. The second-order valence-electron chi connectivity index (χ2n) is 7.18. The van der Waals surface area contributed by atoms with Crippen molar-refractivity contribution in [1.82, 2.24) is 15.3 Å². The van der Waals surface area contributed by atoms with E-state index in [0.29, 0.717) is 31.1 Å². The minimum Gasteiger partial charge on any atom is -0.381 e. The van der Waals surface area contributed by atoms with Crippen molar-refractivity contribution in [3.05, 3.63) is 69.8 Å². The van der Waals surface area contributed by atoms with E-state index in [-0.39, 0.29) is 11.9 Å². The van der Waals surface area contributed by atoms with Crippen molar-refractivity contribution >= 4 is 28.8 Å². The Morgan fingerprint density at radius 2 is 1.93 bits per heavy atom. The highest BCUT2D eigenvalue weighted by atomic mass is 35.5. The average Bonchev–Trinajstić information content (AvgIpc) is 3.26. The molecule has 1 unspecified atom stereocenters. The van der Waals surface area contributed by atoms with Crippen LogP contribution in [0.2, 0.25) is 5.02 Å². The molecule has 1 amide bonds. The highest BCUT2D eigenvalue weighted by molar-refractivity contribution is 7.10.